The Bertz CT molecular complexity index is 876. The molecular weight excluding hydrogens is 316 g/mol. The summed E-state index contributed by atoms with van der Waals surface area (Å²) in [4.78, 5) is 17.0. The average molecular weight is 336 g/mol. The first-order valence-corrected chi connectivity index (χ1v) is 8.94. The molecule has 0 amide bonds. The quantitative estimate of drug-likeness (QED) is 0.832. The highest BCUT2D eigenvalue weighted by Crippen LogP contribution is 2.23. The van der Waals surface area contributed by atoms with Crippen LogP contribution in [0.5, 0.6) is 0 Å². The SMILES string of the molecule is CN(C)S(=O)(=O)N1CCC[C@@H](n2cnc3ccccc3c2=O)C1. The lowest BCUT2D eigenvalue weighted by Crippen LogP contribution is -2.47. The number of nitrogens with zero attached hydrogens (tertiary/aromatic N) is 4. The number of fused-ring (bicyclic) bond motifs is 1. The number of rotatable bonds is 3. The maximum atomic E-state index is 12.7. The van der Waals surface area contributed by atoms with Crippen molar-refractivity contribution >= 4 is 21.1 Å². The van der Waals surface area contributed by atoms with Crippen LogP contribution in [0.2, 0.25) is 0 Å². The van der Waals surface area contributed by atoms with Crippen LogP contribution < -0.4 is 5.56 Å². The van der Waals surface area contributed by atoms with Crippen LogP contribution in [0.25, 0.3) is 10.9 Å². The molecular formula is C15H20N4O3S. The molecule has 0 saturated carbocycles. The molecule has 1 atom stereocenters. The molecule has 0 N–H and O–H groups in total. The summed E-state index contributed by atoms with van der Waals surface area (Å²) in [6.45, 7) is 0.771. The van der Waals surface area contributed by atoms with Gasteiger partial charge < -0.3 is 0 Å². The van der Waals surface area contributed by atoms with Gasteiger partial charge in [-0.15, -0.1) is 0 Å². The van der Waals surface area contributed by atoms with Gasteiger partial charge in [0.05, 0.1) is 23.3 Å². The second-order valence-corrected chi connectivity index (χ2v) is 8.06. The van der Waals surface area contributed by atoms with E-state index in [4.69, 9.17) is 0 Å². The second-order valence-electron chi connectivity index (χ2n) is 5.92. The Hall–Kier alpha value is -1.77. The van der Waals surface area contributed by atoms with Crippen molar-refractivity contribution in [3.63, 3.8) is 0 Å². The number of benzene rings is 1. The largest absolute Gasteiger partial charge is 0.294 e. The van der Waals surface area contributed by atoms with E-state index in [1.54, 1.807) is 22.8 Å². The summed E-state index contributed by atoms with van der Waals surface area (Å²) in [6.07, 6.45) is 3.01. The average Bonchev–Trinajstić information content (AvgIpc) is 2.55. The minimum absolute atomic E-state index is 0.121. The first kappa shape index (κ1) is 16.1. The van der Waals surface area contributed by atoms with Crippen molar-refractivity contribution in [2.75, 3.05) is 27.2 Å². The highest BCUT2D eigenvalue weighted by atomic mass is 32.2. The van der Waals surface area contributed by atoms with Crippen LogP contribution in [-0.4, -0.2) is 53.8 Å². The monoisotopic (exact) mass is 336 g/mol. The summed E-state index contributed by atoms with van der Waals surface area (Å²) >= 11 is 0. The number of hydrogen-bond donors (Lipinski definition) is 0. The van der Waals surface area contributed by atoms with Gasteiger partial charge in [0, 0.05) is 27.2 Å². The van der Waals surface area contributed by atoms with Crippen LogP contribution in [0.4, 0.5) is 0 Å². The van der Waals surface area contributed by atoms with Crippen LogP contribution >= 0.6 is 0 Å². The van der Waals surface area contributed by atoms with E-state index >= 15 is 0 Å². The fourth-order valence-electron chi connectivity index (χ4n) is 2.93. The summed E-state index contributed by atoms with van der Waals surface area (Å²) in [7, 11) is -0.432. The Labute approximate surface area is 135 Å². The Morgan fingerprint density at radius 1 is 1.26 bits per heavy atom. The van der Waals surface area contributed by atoms with Gasteiger partial charge in [0.15, 0.2) is 0 Å². The van der Waals surface area contributed by atoms with Gasteiger partial charge in [-0.2, -0.15) is 17.0 Å². The summed E-state index contributed by atoms with van der Waals surface area (Å²) in [5, 5.41) is 0.558. The van der Waals surface area contributed by atoms with E-state index < -0.39 is 10.2 Å². The molecule has 23 heavy (non-hydrogen) atoms. The van der Waals surface area contributed by atoms with E-state index in [-0.39, 0.29) is 11.6 Å². The zero-order valence-corrected chi connectivity index (χ0v) is 14.0. The van der Waals surface area contributed by atoms with Crippen molar-refractivity contribution in [1.82, 2.24) is 18.2 Å². The molecule has 7 nitrogen and oxygen atoms in total. The topological polar surface area (TPSA) is 75.5 Å². The lowest BCUT2D eigenvalue weighted by molar-refractivity contribution is 0.252. The molecule has 124 valence electrons. The third-order valence-electron chi connectivity index (χ3n) is 4.23. The van der Waals surface area contributed by atoms with E-state index in [9.17, 15) is 13.2 Å². The number of aromatic nitrogens is 2. The highest BCUT2D eigenvalue weighted by Gasteiger charge is 2.31. The van der Waals surface area contributed by atoms with E-state index in [1.165, 1.54) is 29.0 Å². The first-order chi connectivity index (χ1) is 10.9. The predicted molar refractivity (Wildman–Crippen MR) is 88.5 cm³/mol. The highest BCUT2D eigenvalue weighted by molar-refractivity contribution is 7.86. The molecule has 2 aromatic rings. The van der Waals surface area contributed by atoms with Crippen LogP contribution in [0.15, 0.2) is 35.4 Å². The maximum Gasteiger partial charge on any atom is 0.281 e. The van der Waals surface area contributed by atoms with Crippen molar-refractivity contribution in [3.8, 4) is 0 Å². The standard InChI is InChI=1S/C15H20N4O3S/c1-17(2)23(21,22)18-9-5-6-12(10-18)19-11-16-14-8-4-3-7-13(14)15(19)20/h3-4,7-8,11-12H,5-6,9-10H2,1-2H3/t12-/m1/s1. The first-order valence-electron chi connectivity index (χ1n) is 7.55. The molecule has 2 heterocycles. The lowest BCUT2D eigenvalue weighted by Gasteiger charge is -2.34. The zero-order chi connectivity index (χ0) is 16.6. The van der Waals surface area contributed by atoms with Crippen molar-refractivity contribution in [2.45, 2.75) is 18.9 Å². The molecule has 1 aromatic carbocycles. The van der Waals surface area contributed by atoms with Gasteiger partial charge in [-0.3, -0.25) is 9.36 Å². The van der Waals surface area contributed by atoms with Gasteiger partial charge >= 0.3 is 0 Å². The molecule has 1 saturated heterocycles. The summed E-state index contributed by atoms with van der Waals surface area (Å²) in [6, 6.07) is 7.00. The molecule has 1 aliphatic heterocycles. The fraction of sp³-hybridized carbons (Fsp3) is 0.467. The summed E-state index contributed by atoms with van der Waals surface area (Å²) in [5.41, 5.74) is 0.534. The molecule has 1 aromatic heterocycles. The predicted octanol–water partition coefficient (Wildman–Crippen LogP) is 0.840. The van der Waals surface area contributed by atoms with E-state index in [0.29, 0.717) is 24.0 Å². The molecule has 0 unspecified atom stereocenters. The summed E-state index contributed by atoms with van der Waals surface area (Å²) in [5.74, 6) is 0. The van der Waals surface area contributed by atoms with E-state index in [0.717, 1.165) is 12.8 Å². The van der Waals surface area contributed by atoms with Crippen LogP contribution in [-0.2, 0) is 10.2 Å². The Morgan fingerprint density at radius 3 is 2.74 bits per heavy atom. The van der Waals surface area contributed by atoms with Crippen molar-refractivity contribution in [2.24, 2.45) is 0 Å². The molecule has 1 aliphatic rings. The van der Waals surface area contributed by atoms with E-state index in [2.05, 4.69) is 4.98 Å². The minimum Gasteiger partial charge on any atom is -0.294 e. The van der Waals surface area contributed by atoms with Crippen LogP contribution in [0.3, 0.4) is 0 Å². The van der Waals surface area contributed by atoms with Crippen molar-refractivity contribution < 1.29 is 8.42 Å². The van der Waals surface area contributed by atoms with E-state index in [1.807, 2.05) is 6.07 Å². The third kappa shape index (κ3) is 2.89. The molecule has 0 aliphatic carbocycles. The van der Waals surface area contributed by atoms with Gasteiger partial charge in [-0.25, -0.2) is 4.98 Å². The van der Waals surface area contributed by atoms with Crippen LogP contribution in [0, 0.1) is 0 Å². The maximum absolute atomic E-state index is 12.7. The number of piperidine rings is 1. The second kappa shape index (κ2) is 6.03. The van der Waals surface area contributed by atoms with Crippen LogP contribution in [0.1, 0.15) is 18.9 Å². The molecule has 1 fully saturated rings. The fourth-order valence-corrected chi connectivity index (χ4v) is 4.11. The molecule has 3 rings (SSSR count). The third-order valence-corrected chi connectivity index (χ3v) is 6.14. The van der Waals surface area contributed by atoms with Gasteiger partial charge in [0.1, 0.15) is 0 Å². The minimum atomic E-state index is -3.47. The van der Waals surface area contributed by atoms with Gasteiger partial charge in [0.2, 0.25) is 0 Å². The Morgan fingerprint density at radius 2 is 2.00 bits per heavy atom. The Kier molecular flexibility index (Phi) is 4.22. The normalized spacial score (nSPS) is 20.2. The lowest BCUT2D eigenvalue weighted by atomic mass is 10.1. The van der Waals surface area contributed by atoms with Gasteiger partial charge in [-0.05, 0) is 25.0 Å². The smallest absolute Gasteiger partial charge is 0.281 e. The van der Waals surface area contributed by atoms with Gasteiger partial charge in [-0.1, -0.05) is 12.1 Å². The molecule has 0 radical (unpaired) electrons. The van der Waals surface area contributed by atoms with Crippen molar-refractivity contribution in [1.29, 1.82) is 0 Å². The van der Waals surface area contributed by atoms with Crippen molar-refractivity contribution in [3.05, 3.63) is 40.9 Å². The van der Waals surface area contributed by atoms with Gasteiger partial charge in [0.25, 0.3) is 15.8 Å². The number of para-hydroxylation sites is 1. The summed E-state index contributed by atoms with van der Waals surface area (Å²) < 4.78 is 28.8. The Balaban J connectivity index is 1.96. The molecule has 8 heteroatoms. The molecule has 0 spiro atoms. The molecule has 0 bridgehead atoms. The number of hydrogen-bond acceptors (Lipinski definition) is 4. The zero-order valence-electron chi connectivity index (χ0n) is 13.2.